The maximum Gasteiger partial charge on any atom is 0.424 e. The number of hydrogen-bond donors (Lipinski definition) is 4. The van der Waals surface area contributed by atoms with E-state index in [-0.39, 0.29) is 23.7 Å². The minimum absolute atomic E-state index is 0.142. The highest BCUT2D eigenvalue weighted by molar-refractivity contribution is 5.88. The lowest BCUT2D eigenvalue weighted by molar-refractivity contribution is -0.139. The lowest BCUT2D eigenvalue weighted by atomic mass is 9.64. The Labute approximate surface area is 368 Å². The molecule has 5 aliphatic rings. The fourth-order valence-corrected chi connectivity index (χ4v) is 10.2. The number of rotatable bonds is 11. The van der Waals surface area contributed by atoms with Crippen LogP contribution in [0, 0.1) is 11.8 Å². The van der Waals surface area contributed by atoms with Crippen LogP contribution in [-0.2, 0) is 19.1 Å². The Morgan fingerprint density at radius 2 is 1.22 bits per heavy atom. The molecule has 4 heterocycles. The molecular formula is C48H59N9O6. The molecule has 9 rings (SSSR count). The summed E-state index contributed by atoms with van der Waals surface area (Å²) in [5.41, 5.74) is 11.1. The Morgan fingerprint density at radius 3 is 1.76 bits per heavy atom. The van der Waals surface area contributed by atoms with Gasteiger partial charge in [-0.15, -0.1) is 0 Å². The van der Waals surface area contributed by atoms with Crippen LogP contribution >= 0.6 is 0 Å². The van der Waals surface area contributed by atoms with Gasteiger partial charge in [0, 0.05) is 18.7 Å². The van der Waals surface area contributed by atoms with Gasteiger partial charge in [-0.05, 0) is 91.0 Å². The normalized spacial score (nSPS) is 21.3. The molecule has 332 valence electrons. The van der Waals surface area contributed by atoms with Crippen molar-refractivity contribution in [3.05, 3.63) is 94.9 Å². The van der Waals surface area contributed by atoms with Gasteiger partial charge in [-0.1, -0.05) is 87.4 Å². The van der Waals surface area contributed by atoms with Crippen molar-refractivity contribution in [2.24, 2.45) is 17.7 Å². The van der Waals surface area contributed by atoms with Gasteiger partial charge in [0.05, 0.1) is 38.0 Å². The summed E-state index contributed by atoms with van der Waals surface area (Å²) in [6, 6.07) is 10.6. The van der Waals surface area contributed by atoms with E-state index in [1.165, 1.54) is 30.9 Å². The molecule has 1 fully saturated rings. The van der Waals surface area contributed by atoms with E-state index in [1.807, 2.05) is 66.1 Å². The highest BCUT2D eigenvalue weighted by atomic mass is 16.5. The van der Waals surface area contributed by atoms with E-state index in [1.54, 1.807) is 9.80 Å². The van der Waals surface area contributed by atoms with E-state index >= 15 is 0 Å². The predicted molar refractivity (Wildman–Crippen MR) is 239 cm³/mol. The number of nitrogens with one attached hydrogen (secondary N) is 3. The van der Waals surface area contributed by atoms with Gasteiger partial charge in [-0.3, -0.25) is 9.59 Å². The number of aromatic amines is 2. The van der Waals surface area contributed by atoms with Crippen molar-refractivity contribution >= 4 is 24.0 Å². The summed E-state index contributed by atoms with van der Waals surface area (Å²) in [6.07, 6.45) is 11.0. The highest BCUT2D eigenvalue weighted by Crippen LogP contribution is 2.55. The minimum atomic E-state index is -0.904. The molecule has 15 nitrogen and oxygen atoms in total. The number of alkyl carbamates (subject to hydrolysis) is 1. The number of nitrogens with zero attached hydrogens (tertiary/aromatic N) is 5. The molecule has 0 spiro atoms. The topological polar surface area (TPSA) is 192 Å². The number of benzene rings is 2. The molecule has 0 saturated heterocycles. The van der Waals surface area contributed by atoms with Crippen LogP contribution in [-0.4, -0.2) is 98.1 Å². The standard InChI is InChI=1S/C48H59N9O6/c1-25(2)41(54-47(60)62-7)45(58)55-23-27(5)19-37(55)43-50-21-35(52-43)30-11-9-29(10-12-30)33-17-18-34(40-32-15-13-31(14-16-32)39(33)40)36-22-51-44(53-36)38-20-28(6)24-56(38)46(59)42(26(3)4)57(49)48(61)63-8/h9-12,17-22,25-26,31-32,37-38,41-42H,13-16,23-24,49H2,1-8H3,(H,50,52)(H,51,53)(H,54,60)/t31?,32?,37-,38-,41-,42-/m0/s1. The quantitative estimate of drug-likeness (QED) is 0.0503. The fraction of sp³-hybridized carbons (Fsp3) is 0.458. The van der Waals surface area contributed by atoms with Gasteiger partial charge < -0.3 is 34.6 Å². The van der Waals surface area contributed by atoms with Crippen LogP contribution in [0.4, 0.5) is 9.59 Å². The molecule has 4 aromatic rings. The number of aromatic nitrogens is 4. The first-order valence-corrected chi connectivity index (χ1v) is 22.0. The number of hydrazine groups is 1. The highest BCUT2D eigenvalue weighted by Gasteiger charge is 2.41. The summed E-state index contributed by atoms with van der Waals surface area (Å²) in [7, 11) is 2.54. The number of hydrogen-bond acceptors (Lipinski definition) is 9. The Hall–Kier alpha value is -6.22. The van der Waals surface area contributed by atoms with Crippen LogP contribution in [0.3, 0.4) is 0 Å². The molecule has 15 heteroatoms. The monoisotopic (exact) mass is 857 g/mol. The second kappa shape index (κ2) is 17.5. The van der Waals surface area contributed by atoms with E-state index in [4.69, 9.17) is 25.3 Å². The van der Waals surface area contributed by atoms with E-state index < -0.39 is 36.4 Å². The SMILES string of the molecule is COC(=O)N[C@H](C(=O)N1CC(C)=C[C@H]1c1ncc(-c2ccc(-c3ccc(-c4cnc([C@@H]5C=C(C)CN5C(=O)[C@H](C(C)C)N(N)C(=O)OC)[nH]4)c4c3C3CCC4CC3)cc2)[nH]1)C(C)C. The number of H-pyrrole nitrogens is 2. The maximum atomic E-state index is 14.1. The van der Waals surface area contributed by atoms with Gasteiger partial charge in [-0.2, -0.15) is 0 Å². The van der Waals surface area contributed by atoms with Crippen LogP contribution in [0.25, 0.3) is 33.6 Å². The smallest absolute Gasteiger partial charge is 0.424 e. The minimum Gasteiger partial charge on any atom is -0.453 e. The molecule has 2 aromatic carbocycles. The Kier molecular flexibility index (Phi) is 12.1. The number of nitrogens with two attached hydrogens (primary N) is 1. The molecular weight excluding hydrogens is 799 g/mol. The Bertz CT molecular complexity index is 2460. The zero-order valence-corrected chi connectivity index (χ0v) is 37.4. The molecule has 1 saturated carbocycles. The zero-order chi connectivity index (χ0) is 44.9. The number of imidazole rings is 2. The summed E-state index contributed by atoms with van der Waals surface area (Å²) in [5.74, 6) is 7.49. The van der Waals surface area contributed by atoms with Crippen molar-refractivity contribution in [2.45, 2.75) is 103 Å². The molecule has 0 radical (unpaired) electrons. The second-order valence-corrected chi connectivity index (χ2v) is 18.2. The summed E-state index contributed by atoms with van der Waals surface area (Å²) >= 11 is 0. The first-order valence-electron chi connectivity index (χ1n) is 22.0. The predicted octanol–water partition coefficient (Wildman–Crippen LogP) is 7.90. The number of carbonyl (C=O) groups excluding carboxylic acids is 4. The number of amides is 4. The van der Waals surface area contributed by atoms with Crippen LogP contribution < -0.4 is 11.2 Å². The van der Waals surface area contributed by atoms with Crippen molar-refractivity contribution in [3.63, 3.8) is 0 Å². The summed E-state index contributed by atoms with van der Waals surface area (Å²) < 4.78 is 9.65. The number of ether oxygens (including phenoxy) is 2. The van der Waals surface area contributed by atoms with Crippen LogP contribution in [0.5, 0.6) is 0 Å². The number of carbonyl (C=O) groups is 4. The molecule has 3 aliphatic carbocycles. The van der Waals surface area contributed by atoms with E-state index in [0.29, 0.717) is 36.6 Å². The molecule has 63 heavy (non-hydrogen) atoms. The van der Waals surface area contributed by atoms with Crippen LogP contribution in [0.15, 0.2) is 72.1 Å². The van der Waals surface area contributed by atoms with Crippen LogP contribution in [0.1, 0.15) is 114 Å². The molecule has 4 atom stereocenters. The van der Waals surface area contributed by atoms with Crippen molar-refractivity contribution in [3.8, 4) is 33.6 Å². The van der Waals surface area contributed by atoms with Gasteiger partial charge in [0.15, 0.2) is 0 Å². The molecule has 5 N–H and O–H groups in total. The third-order valence-electron chi connectivity index (χ3n) is 13.3. The summed E-state index contributed by atoms with van der Waals surface area (Å²) in [6.45, 7) is 12.3. The Balaban J connectivity index is 1.05. The van der Waals surface area contributed by atoms with Crippen molar-refractivity contribution in [2.75, 3.05) is 27.3 Å². The van der Waals surface area contributed by atoms with Gasteiger partial charge >= 0.3 is 12.2 Å². The third-order valence-corrected chi connectivity index (χ3v) is 13.3. The molecule has 0 unspecified atom stereocenters. The van der Waals surface area contributed by atoms with Gasteiger partial charge in [0.2, 0.25) is 11.8 Å². The first-order chi connectivity index (χ1) is 30.2. The number of methoxy groups -OCH3 is 2. The summed E-state index contributed by atoms with van der Waals surface area (Å²) in [4.78, 5) is 72.5. The van der Waals surface area contributed by atoms with E-state index in [0.717, 1.165) is 69.9 Å². The van der Waals surface area contributed by atoms with Crippen molar-refractivity contribution < 1.29 is 28.7 Å². The van der Waals surface area contributed by atoms with E-state index in [9.17, 15) is 19.2 Å². The van der Waals surface area contributed by atoms with Gasteiger partial charge in [0.1, 0.15) is 35.8 Å². The molecule has 2 aromatic heterocycles. The molecule has 2 bridgehead atoms. The maximum absolute atomic E-state index is 14.1. The van der Waals surface area contributed by atoms with Gasteiger partial charge in [-0.25, -0.2) is 30.4 Å². The lowest BCUT2D eigenvalue weighted by Crippen LogP contribution is -2.56. The average Bonchev–Trinajstić information content (AvgIpc) is 4.12. The van der Waals surface area contributed by atoms with E-state index in [2.05, 4.69) is 51.7 Å². The van der Waals surface area contributed by atoms with Crippen LogP contribution in [0.2, 0.25) is 0 Å². The Morgan fingerprint density at radius 1 is 0.714 bits per heavy atom. The lowest BCUT2D eigenvalue weighted by Gasteiger charge is -2.41. The molecule has 2 aliphatic heterocycles. The van der Waals surface area contributed by atoms with Gasteiger partial charge in [0.25, 0.3) is 0 Å². The second-order valence-electron chi connectivity index (χ2n) is 18.2. The van der Waals surface area contributed by atoms with Crippen molar-refractivity contribution in [1.29, 1.82) is 0 Å². The number of fused-ring (bicyclic) bond motifs is 2. The average molecular weight is 858 g/mol. The van der Waals surface area contributed by atoms with Crippen molar-refractivity contribution in [1.82, 2.24) is 40.1 Å². The zero-order valence-electron chi connectivity index (χ0n) is 37.4. The summed E-state index contributed by atoms with van der Waals surface area (Å²) in [5, 5.41) is 3.60. The first kappa shape index (κ1) is 43.4. The largest absolute Gasteiger partial charge is 0.453 e. The third kappa shape index (κ3) is 8.14. The fourth-order valence-electron chi connectivity index (χ4n) is 10.2. The molecule has 4 amide bonds.